The number of rotatable bonds is 6. The van der Waals surface area contributed by atoms with Crippen molar-refractivity contribution in [2.75, 3.05) is 19.6 Å². The number of carbonyl (C=O) groups excluding carboxylic acids is 1. The van der Waals surface area contributed by atoms with Gasteiger partial charge in [0.15, 0.2) is 0 Å². The second-order valence-corrected chi connectivity index (χ2v) is 4.17. The topological polar surface area (TPSA) is 67.2 Å². The molecular formula is C10H21N3O. The van der Waals surface area contributed by atoms with E-state index >= 15 is 0 Å². The molecule has 2 amide bonds. The molecule has 0 heterocycles. The van der Waals surface area contributed by atoms with Crippen molar-refractivity contribution in [3.63, 3.8) is 0 Å². The average Bonchev–Trinajstić information content (AvgIpc) is 2.96. The summed E-state index contributed by atoms with van der Waals surface area (Å²) < 4.78 is 0. The van der Waals surface area contributed by atoms with Gasteiger partial charge in [0, 0.05) is 18.5 Å². The second-order valence-electron chi connectivity index (χ2n) is 4.17. The van der Waals surface area contributed by atoms with Crippen molar-refractivity contribution in [3.8, 4) is 0 Å². The summed E-state index contributed by atoms with van der Waals surface area (Å²) in [6, 6.07) is -0.0572. The summed E-state index contributed by atoms with van der Waals surface area (Å²) >= 11 is 0. The summed E-state index contributed by atoms with van der Waals surface area (Å²) in [4.78, 5) is 11.2. The molecule has 1 fully saturated rings. The van der Waals surface area contributed by atoms with Crippen molar-refractivity contribution in [2.24, 2.45) is 11.1 Å². The predicted molar refractivity (Wildman–Crippen MR) is 57.0 cm³/mol. The van der Waals surface area contributed by atoms with Crippen molar-refractivity contribution >= 4 is 6.03 Å². The molecule has 14 heavy (non-hydrogen) atoms. The van der Waals surface area contributed by atoms with Gasteiger partial charge in [-0.25, -0.2) is 4.79 Å². The molecule has 4 N–H and O–H groups in total. The molecule has 4 nitrogen and oxygen atoms in total. The number of hydrogen-bond donors (Lipinski definition) is 3. The molecule has 4 heteroatoms. The molecule has 0 bridgehead atoms. The molecule has 0 atom stereocenters. The molecule has 1 aliphatic rings. The number of urea groups is 1. The number of hydrogen-bond acceptors (Lipinski definition) is 2. The second kappa shape index (κ2) is 5.20. The van der Waals surface area contributed by atoms with E-state index in [1.165, 1.54) is 0 Å². The molecular weight excluding hydrogens is 178 g/mol. The molecule has 0 unspecified atom stereocenters. The SMILES string of the molecule is CCCCNC(=O)NCC1(CN)CC1. The molecule has 0 aromatic heterocycles. The van der Waals surface area contributed by atoms with Gasteiger partial charge in [-0.05, 0) is 25.8 Å². The van der Waals surface area contributed by atoms with Crippen LogP contribution < -0.4 is 16.4 Å². The Morgan fingerprint density at radius 2 is 2.14 bits per heavy atom. The molecule has 0 saturated heterocycles. The average molecular weight is 199 g/mol. The maximum Gasteiger partial charge on any atom is 0.314 e. The fraction of sp³-hybridized carbons (Fsp3) is 0.900. The van der Waals surface area contributed by atoms with E-state index < -0.39 is 0 Å². The minimum atomic E-state index is -0.0572. The number of carbonyl (C=O) groups is 1. The smallest absolute Gasteiger partial charge is 0.314 e. The third-order valence-corrected chi connectivity index (χ3v) is 2.83. The highest BCUT2D eigenvalue weighted by atomic mass is 16.2. The lowest BCUT2D eigenvalue weighted by Crippen LogP contribution is -2.40. The van der Waals surface area contributed by atoms with E-state index in [4.69, 9.17) is 5.73 Å². The van der Waals surface area contributed by atoms with Crippen molar-refractivity contribution in [1.29, 1.82) is 0 Å². The summed E-state index contributed by atoms with van der Waals surface area (Å²) in [5, 5.41) is 5.68. The van der Waals surface area contributed by atoms with Crippen molar-refractivity contribution in [2.45, 2.75) is 32.6 Å². The molecule has 0 aromatic carbocycles. The molecule has 1 rings (SSSR count). The summed E-state index contributed by atoms with van der Waals surface area (Å²) in [5.74, 6) is 0. The first kappa shape index (κ1) is 11.3. The molecule has 1 saturated carbocycles. The fourth-order valence-corrected chi connectivity index (χ4v) is 1.34. The van der Waals surface area contributed by atoms with Crippen LogP contribution in [0.3, 0.4) is 0 Å². The van der Waals surface area contributed by atoms with Crippen LogP contribution in [0.25, 0.3) is 0 Å². The highest BCUT2D eigenvalue weighted by Crippen LogP contribution is 2.43. The number of nitrogens with one attached hydrogen (secondary N) is 2. The summed E-state index contributed by atoms with van der Waals surface area (Å²) in [5.41, 5.74) is 5.83. The Balaban J connectivity index is 2.03. The Morgan fingerprint density at radius 3 is 2.64 bits per heavy atom. The lowest BCUT2D eigenvalue weighted by molar-refractivity contribution is 0.238. The lowest BCUT2D eigenvalue weighted by Gasteiger charge is -2.13. The maximum absolute atomic E-state index is 11.2. The van der Waals surface area contributed by atoms with E-state index in [0.717, 1.165) is 38.8 Å². The molecule has 0 spiro atoms. The van der Waals surface area contributed by atoms with Gasteiger partial charge in [0.25, 0.3) is 0 Å². The van der Waals surface area contributed by atoms with Gasteiger partial charge in [-0.15, -0.1) is 0 Å². The number of unbranched alkanes of at least 4 members (excludes halogenated alkanes) is 1. The van der Waals surface area contributed by atoms with Gasteiger partial charge in [0.2, 0.25) is 0 Å². The Labute approximate surface area is 85.6 Å². The Hall–Kier alpha value is -0.770. The first-order valence-corrected chi connectivity index (χ1v) is 5.44. The van der Waals surface area contributed by atoms with E-state index in [0.29, 0.717) is 6.54 Å². The zero-order valence-corrected chi connectivity index (χ0v) is 8.94. The molecule has 0 aliphatic heterocycles. The minimum Gasteiger partial charge on any atom is -0.338 e. The first-order valence-electron chi connectivity index (χ1n) is 5.44. The largest absolute Gasteiger partial charge is 0.338 e. The summed E-state index contributed by atoms with van der Waals surface area (Å²) in [6.07, 6.45) is 4.44. The Kier molecular flexibility index (Phi) is 4.20. The van der Waals surface area contributed by atoms with E-state index in [1.807, 2.05) is 0 Å². The van der Waals surface area contributed by atoms with E-state index in [1.54, 1.807) is 0 Å². The van der Waals surface area contributed by atoms with Crippen LogP contribution in [0.2, 0.25) is 0 Å². The van der Waals surface area contributed by atoms with Gasteiger partial charge in [-0.2, -0.15) is 0 Å². The van der Waals surface area contributed by atoms with Gasteiger partial charge in [0.05, 0.1) is 0 Å². The zero-order chi connectivity index (χ0) is 10.4. The van der Waals surface area contributed by atoms with E-state index in [2.05, 4.69) is 17.6 Å². The molecule has 82 valence electrons. The third-order valence-electron chi connectivity index (χ3n) is 2.83. The lowest BCUT2D eigenvalue weighted by atomic mass is 10.1. The fourth-order valence-electron chi connectivity index (χ4n) is 1.34. The molecule has 1 aliphatic carbocycles. The summed E-state index contributed by atoms with van der Waals surface area (Å²) in [7, 11) is 0. The molecule has 0 radical (unpaired) electrons. The monoisotopic (exact) mass is 199 g/mol. The summed E-state index contributed by atoms with van der Waals surface area (Å²) in [6.45, 7) is 4.27. The Bertz CT molecular complexity index is 190. The van der Waals surface area contributed by atoms with Gasteiger partial charge in [0.1, 0.15) is 0 Å². The number of amides is 2. The minimum absolute atomic E-state index is 0.0572. The van der Waals surface area contributed by atoms with Crippen LogP contribution in [0.1, 0.15) is 32.6 Å². The standard InChI is InChI=1S/C10H21N3O/c1-2-3-6-12-9(14)13-8-10(7-11)4-5-10/h2-8,11H2,1H3,(H2,12,13,14). The quantitative estimate of drug-likeness (QED) is 0.554. The van der Waals surface area contributed by atoms with Crippen LogP contribution in [0, 0.1) is 5.41 Å². The van der Waals surface area contributed by atoms with Crippen LogP contribution in [0.15, 0.2) is 0 Å². The van der Waals surface area contributed by atoms with Gasteiger partial charge in [-0.1, -0.05) is 13.3 Å². The van der Waals surface area contributed by atoms with E-state index in [9.17, 15) is 4.79 Å². The normalized spacial score (nSPS) is 17.6. The number of nitrogens with two attached hydrogens (primary N) is 1. The van der Waals surface area contributed by atoms with Crippen molar-refractivity contribution in [3.05, 3.63) is 0 Å². The van der Waals surface area contributed by atoms with Gasteiger partial charge in [-0.3, -0.25) is 0 Å². The van der Waals surface area contributed by atoms with E-state index in [-0.39, 0.29) is 11.4 Å². The van der Waals surface area contributed by atoms with Crippen molar-refractivity contribution in [1.82, 2.24) is 10.6 Å². The van der Waals surface area contributed by atoms with Crippen LogP contribution >= 0.6 is 0 Å². The zero-order valence-electron chi connectivity index (χ0n) is 8.94. The predicted octanol–water partition coefficient (Wildman–Crippen LogP) is 0.825. The van der Waals surface area contributed by atoms with Gasteiger partial charge < -0.3 is 16.4 Å². The first-order chi connectivity index (χ1) is 6.72. The third kappa shape index (κ3) is 3.54. The highest BCUT2D eigenvalue weighted by molar-refractivity contribution is 5.73. The van der Waals surface area contributed by atoms with Crippen LogP contribution in [-0.2, 0) is 0 Å². The van der Waals surface area contributed by atoms with Crippen LogP contribution in [0.5, 0.6) is 0 Å². The highest BCUT2D eigenvalue weighted by Gasteiger charge is 2.41. The molecule has 0 aromatic rings. The maximum atomic E-state index is 11.2. The van der Waals surface area contributed by atoms with Crippen molar-refractivity contribution < 1.29 is 4.79 Å². The van der Waals surface area contributed by atoms with Crippen LogP contribution in [-0.4, -0.2) is 25.7 Å². The Morgan fingerprint density at radius 1 is 1.43 bits per heavy atom. The van der Waals surface area contributed by atoms with Gasteiger partial charge >= 0.3 is 6.03 Å². The van der Waals surface area contributed by atoms with Crippen LogP contribution in [0.4, 0.5) is 4.79 Å².